The van der Waals surface area contributed by atoms with Gasteiger partial charge in [-0.3, -0.25) is 9.69 Å². The zero-order valence-electron chi connectivity index (χ0n) is 20.3. The van der Waals surface area contributed by atoms with E-state index in [0.717, 1.165) is 24.1 Å². The van der Waals surface area contributed by atoms with E-state index in [1.165, 1.54) is 50.5 Å². The summed E-state index contributed by atoms with van der Waals surface area (Å²) in [5, 5.41) is 0. The van der Waals surface area contributed by atoms with Gasteiger partial charge < -0.3 is 9.30 Å². The van der Waals surface area contributed by atoms with Gasteiger partial charge in [0.05, 0.1) is 12.7 Å². The monoisotopic (exact) mass is 438 g/mol. The third-order valence-electron chi connectivity index (χ3n) is 6.76. The lowest BCUT2D eigenvalue weighted by atomic mass is 10.0. The summed E-state index contributed by atoms with van der Waals surface area (Å²) in [7, 11) is 3.57. The van der Waals surface area contributed by atoms with Gasteiger partial charge in [-0.1, -0.05) is 31.9 Å². The smallest absolute Gasteiger partial charge is 0.337 e. The maximum atomic E-state index is 13.2. The van der Waals surface area contributed by atoms with Crippen LogP contribution >= 0.6 is 0 Å². The van der Waals surface area contributed by atoms with Crippen LogP contribution in [0.25, 0.3) is 0 Å². The molecule has 0 aliphatic heterocycles. The fourth-order valence-corrected chi connectivity index (χ4v) is 4.31. The number of aromatic nitrogens is 1. The van der Waals surface area contributed by atoms with E-state index in [4.69, 9.17) is 4.74 Å². The van der Waals surface area contributed by atoms with Crippen molar-refractivity contribution < 1.29 is 9.53 Å². The van der Waals surface area contributed by atoms with Crippen molar-refractivity contribution in [3.63, 3.8) is 0 Å². The Morgan fingerprint density at radius 1 is 1.25 bits per heavy atom. The van der Waals surface area contributed by atoms with Crippen LogP contribution in [-0.2, 0) is 24.2 Å². The maximum Gasteiger partial charge on any atom is 0.337 e. The minimum Gasteiger partial charge on any atom is -0.465 e. The third-order valence-corrected chi connectivity index (χ3v) is 6.76. The Balaban J connectivity index is 1.85. The first-order chi connectivity index (χ1) is 15.3. The number of hydrogen-bond donors (Lipinski definition) is 0. The van der Waals surface area contributed by atoms with Gasteiger partial charge in [0.2, 0.25) is 0 Å². The molecule has 0 amide bonds. The predicted octanol–water partition coefficient (Wildman–Crippen LogP) is 5.07. The van der Waals surface area contributed by atoms with E-state index in [2.05, 4.69) is 31.9 Å². The summed E-state index contributed by atoms with van der Waals surface area (Å²) in [5.74, 6) is 0.261. The average molecular weight is 439 g/mol. The summed E-state index contributed by atoms with van der Waals surface area (Å²) >= 11 is 0. The highest BCUT2D eigenvalue weighted by Crippen LogP contribution is 2.42. The highest BCUT2D eigenvalue weighted by atomic mass is 16.5. The van der Waals surface area contributed by atoms with Crippen molar-refractivity contribution in [1.82, 2.24) is 9.47 Å². The van der Waals surface area contributed by atoms with Crippen molar-refractivity contribution >= 4 is 5.97 Å². The molecule has 1 aromatic heterocycles. The van der Waals surface area contributed by atoms with Crippen molar-refractivity contribution in [1.29, 1.82) is 0 Å². The highest BCUT2D eigenvalue weighted by molar-refractivity contribution is 5.89. The zero-order valence-corrected chi connectivity index (χ0v) is 20.3. The standard InChI is InChI=1S/C27H38N2O3/c1-6-7-8-20(3)28(4)18-25-24(22-13-14-22)17-19(2)26(30)29(25)16-15-21-9-11-23(12-10-21)27(31)32-5/h9-12,17,20,22H,6-8,13-16,18H2,1-5H3/t20-/m0/s1. The molecular formula is C27H38N2O3. The van der Waals surface area contributed by atoms with Crippen LogP contribution in [0.1, 0.15) is 84.6 Å². The average Bonchev–Trinajstić information content (AvgIpc) is 3.64. The van der Waals surface area contributed by atoms with E-state index in [9.17, 15) is 9.59 Å². The maximum absolute atomic E-state index is 13.2. The number of ether oxygens (including phenoxy) is 1. The van der Waals surface area contributed by atoms with E-state index in [-0.39, 0.29) is 11.5 Å². The van der Waals surface area contributed by atoms with Crippen LogP contribution in [0.2, 0.25) is 0 Å². The number of rotatable bonds is 11. The number of nitrogens with zero attached hydrogens (tertiary/aromatic N) is 2. The van der Waals surface area contributed by atoms with E-state index >= 15 is 0 Å². The molecule has 1 aromatic carbocycles. The second-order valence-corrected chi connectivity index (χ2v) is 9.31. The molecule has 0 spiro atoms. The second kappa shape index (κ2) is 11.0. The Labute approximate surface area is 192 Å². The van der Waals surface area contributed by atoms with Gasteiger partial charge in [-0.2, -0.15) is 0 Å². The van der Waals surface area contributed by atoms with Crippen LogP contribution in [-0.4, -0.2) is 35.6 Å². The van der Waals surface area contributed by atoms with Gasteiger partial charge in [-0.15, -0.1) is 0 Å². The van der Waals surface area contributed by atoms with Crippen molar-refractivity contribution in [2.45, 2.75) is 84.3 Å². The van der Waals surface area contributed by atoms with Gasteiger partial charge in [0.15, 0.2) is 0 Å². The molecule has 0 saturated heterocycles. The lowest BCUT2D eigenvalue weighted by Crippen LogP contribution is -2.34. The van der Waals surface area contributed by atoms with E-state index in [0.29, 0.717) is 24.1 Å². The van der Waals surface area contributed by atoms with Gasteiger partial charge in [0, 0.05) is 30.4 Å². The van der Waals surface area contributed by atoms with Crippen molar-refractivity contribution in [3.8, 4) is 0 Å². The number of unbranched alkanes of at least 4 members (excludes halogenated alkanes) is 1. The Morgan fingerprint density at radius 2 is 1.94 bits per heavy atom. The van der Waals surface area contributed by atoms with Crippen LogP contribution in [0.5, 0.6) is 0 Å². The number of hydrogen-bond acceptors (Lipinski definition) is 4. The number of pyridine rings is 1. The molecule has 0 bridgehead atoms. The minimum atomic E-state index is -0.331. The number of aryl methyl sites for hydroxylation is 2. The molecule has 1 aliphatic carbocycles. The molecule has 5 heteroatoms. The molecule has 0 N–H and O–H groups in total. The number of methoxy groups -OCH3 is 1. The van der Waals surface area contributed by atoms with Crippen molar-refractivity contribution in [2.75, 3.05) is 14.2 Å². The summed E-state index contributed by atoms with van der Waals surface area (Å²) in [6, 6.07) is 10.1. The lowest BCUT2D eigenvalue weighted by Gasteiger charge is -2.28. The first-order valence-corrected chi connectivity index (χ1v) is 12.0. The minimum absolute atomic E-state index is 0.116. The van der Waals surface area contributed by atoms with Crippen LogP contribution in [0, 0.1) is 6.92 Å². The Bertz CT molecular complexity index is 974. The molecule has 1 saturated carbocycles. The number of carbonyl (C=O) groups is 1. The molecule has 0 unspecified atom stereocenters. The van der Waals surface area contributed by atoms with Crippen LogP contribution < -0.4 is 5.56 Å². The Hall–Kier alpha value is -2.40. The zero-order chi connectivity index (χ0) is 23.3. The van der Waals surface area contributed by atoms with E-state index in [1.54, 1.807) is 12.1 Å². The quantitative estimate of drug-likeness (QED) is 0.460. The molecule has 1 fully saturated rings. The van der Waals surface area contributed by atoms with Gasteiger partial charge in [0.25, 0.3) is 5.56 Å². The van der Waals surface area contributed by atoms with Crippen LogP contribution in [0.3, 0.4) is 0 Å². The SMILES string of the molecule is CCCC[C@H](C)N(C)Cc1c(C2CC2)cc(C)c(=O)n1CCc1ccc(C(=O)OC)cc1. The molecule has 32 heavy (non-hydrogen) atoms. The fraction of sp³-hybridized carbons (Fsp3) is 0.556. The van der Waals surface area contributed by atoms with E-state index in [1.807, 2.05) is 23.6 Å². The normalized spacial score (nSPS) is 14.6. The number of esters is 1. The topological polar surface area (TPSA) is 51.5 Å². The molecule has 3 rings (SSSR count). The molecule has 1 heterocycles. The van der Waals surface area contributed by atoms with Crippen LogP contribution in [0.15, 0.2) is 35.1 Å². The molecule has 0 radical (unpaired) electrons. The summed E-state index contributed by atoms with van der Waals surface area (Å²) in [6.07, 6.45) is 6.79. The summed E-state index contributed by atoms with van der Waals surface area (Å²) in [5.41, 5.74) is 5.14. The largest absolute Gasteiger partial charge is 0.465 e. The highest BCUT2D eigenvalue weighted by Gasteiger charge is 2.29. The van der Waals surface area contributed by atoms with Gasteiger partial charge >= 0.3 is 5.97 Å². The van der Waals surface area contributed by atoms with Crippen molar-refractivity contribution in [3.05, 3.63) is 68.6 Å². The summed E-state index contributed by atoms with van der Waals surface area (Å²) in [4.78, 5) is 27.3. The van der Waals surface area contributed by atoms with Crippen LogP contribution in [0.4, 0.5) is 0 Å². The summed E-state index contributed by atoms with van der Waals surface area (Å²) < 4.78 is 6.80. The molecule has 1 aliphatic rings. The number of benzene rings is 1. The number of carbonyl (C=O) groups excluding carboxylic acids is 1. The predicted molar refractivity (Wildman–Crippen MR) is 129 cm³/mol. The van der Waals surface area contributed by atoms with Gasteiger partial charge in [-0.05, 0) is 81.8 Å². The summed E-state index contributed by atoms with van der Waals surface area (Å²) in [6.45, 7) is 7.89. The molecule has 174 valence electrons. The Morgan fingerprint density at radius 3 is 2.53 bits per heavy atom. The third kappa shape index (κ3) is 5.89. The van der Waals surface area contributed by atoms with Crippen molar-refractivity contribution in [2.24, 2.45) is 0 Å². The van der Waals surface area contributed by atoms with Gasteiger partial charge in [-0.25, -0.2) is 4.79 Å². The molecular weight excluding hydrogens is 400 g/mol. The Kier molecular flexibility index (Phi) is 8.30. The fourth-order valence-electron chi connectivity index (χ4n) is 4.31. The molecule has 2 aromatic rings. The first kappa shape index (κ1) is 24.2. The lowest BCUT2D eigenvalue weighted by molar-refractivity contribution is 0.0600. The second-order valence-electron chi connectivity index (χ2n) is 9.31. The van der Waals surface area contributed by atoms with E-state index < -0.39 is 0 Å². The first-order valence-electron chi connectivity index (χ1n) is 12.0. The molecule has 1 atom stereocenters. The molecule has 5 nitrogen and oxygen atoms in total. The van der Waals surface area contributed by atoms with Gasteiger partial charge in [0.1, 0.15) is 0 Å².